The lowest BCUT2D eigenvalue weighted by molar-refractivity contribution is 0.384. The van der Waals surface area contributed by atoms with Crippen molar-refractivity contribution < 1.29 is 0 Å². The molecule has 1 nitrogen and oxygen atoms in total. The third-order valence-corrected chi connectivity index (χ3v) is 4.10. The Kier molecular flexibility index (Phi) is 6.42. The van der Waals surface area contributed by atoms with Gasteiger partial charge in [-0.1, -0.05) is 58.4 Å². The van der Waals surface area contributed by atoms with E-state index in [0.29, 0.717) is 17.9 Å². The van der Waals surface area contributed by atoms with Crippen LogP contribution in [0.5, 0.6) is 0 Å². The zero-order valence-corrected chi connectivity index (χ0v) is 12.7. The van der Waals surface area contributed by atoms with Gasteiger partial charge in [0.05, 0.1) is 0 Å². The number of hydrogen-bond donors (Lipinski definition) is 1. The zero-order valence-electron chi connectivity index (χ0n) is 12.7. The molecule has 1 heteroatoms. The van der Waals surface area contributed by atoms with E-state index in [1.165, 1.54) is 30.4 Å². The van der Waals surface area contributed by atoms with Crippen molar-refractivity contribution in [1.82, 2.24) is 5.32 Å². The quantitative estimate of drug-likeness (QED) is 0.723. The molecule has 0 aliphatic rings. The second kappa shape index (κ2) is 7.58. The molecule has 3 unspecified atom stereocenters. The van der Waals surface area contributed by atoms with E-state index in [0.717, 1.165) is 0 Å². The summed E-state index contributed by atoms with van der Waals surface area (Å²) in [4.78, 5) is 0. The second-order valence-corrected chi connectivity index (χ2v) is 5.51. The van der Waals surface area contributed by atoms with Crippen molar-refractivity contribution in [2.75, 3.05) is 7.05 Å². The molecule has 18 heavy (non-hydrogen) atoms. The fourth-order valence-corrected chi connectivity index (χ4v) is 2.67. The smallest absolute Gasteiger partial charge is 0.0343 e. The number of nitrogens with one attached hydrogen (secondary N) is 1. The minimum absolute atomic E-state index is 0.482. The lowest BCUT2D eigenvalue weighted by Crippen LogP contribution is -2.23. The molecule has 1 N–H and O–H groups in total. The maximum Gasteiger partial charge on any atom is 0.0343 e. The molecule has 0 amide bonds. The van der Waals surface area contributed by atoms with Gasteiger partial charge < -0.3 is 5.32 Å². The molecule has 1 aromatic carbocycles. The van der Waals surface area contributed by atoms with Crippen LogP contribution >= 0.6 is 0 Å². The highest BCUT2D eigenvalue weighted by Gasteiger charge is 2.16. The molecule has 0 aromatic heterocycles. The van der Waals surface area contributed by atoms with E-state index < -0.39 is 0 Å². The lowest BCUT2D eigenvalue weighted by atomic mass is 9.89. The Morgan fingerprint density at radius 2 is 1.56 bits per heavy atom. The Labute approximate surface area is 113 Å². The third-order valence-electron chi connectivity index (χ3n) is 4.10. The first kappa shape index (κ1) is 15.2. The average molecular weight is 247 g/mol. The third kappa shape index (κ3) is 3.84. The summed E-state index contributed by atoms with van der Waals surface area (Å²) in [5, 5.41) is 3.47. The van der Waals surface area contributed by atoms with E-state index in [9.17, 15) is 0 Å². The second-order valence-electron chi connectivity index (χ2n) is 5.51. The summed E-state index contributed by atoms with van der Waals surface area (Å²) in [6, 6.07) is 9.68. The lowest BCUT2D eigenvalue weighted by Gasteiger charge is -2.24. The Morgan fingerprint density at radius 1 is 1.00 bits per heavy atom. The SMILES string of the molecule is CCCC(C)C(NC)c1ccc(C(C)CC)cc1. The first-order valence-corrected chi connectivity index (χ1v) is 7.41. The minimum atomic E-state index is 0.482. The summed E-state index contributed by atoms with van der Waals surface area (Å²) in [5.41, 5.74) is 2.88. The van der Waals surface area contributed by atoms with Crippen LogP contribution < -0.4 is 5.32 Å². The van der Waals surface area contributed by atoms with Gasteiger partial charge in [0, 0.05) is 6.04 Å². The van der Waals surface area contributed by atoms with Gasteiger partial charge in [0.25, 0.3) is 0 Å². The zero-order chi connectivity index (χ0) is 13.5. The van der Waals surface area contributed by atoms with Crippen LogP contribution in [0.1, 0.15) is 70.0 Å². The standard InChI is InChI=1S/C17H29N/c1-6-8-14(4)17(18-5)16-11-9-15(10-12-16)13(3)7-2/h9-14,17-18H,6-8H2,1-5H3. The largest absolute Gasteiger partial charge is 0.313 e. The Balaban J connectivity index is 2.81. The van der Waals surface area contributed by atoms with E-state index in [-0.39, 0.29) is 0 Å². The van der Waals surface area contributed by atoms with Crippen molar-refractivity contribution in [3.05, 3.63) is 35.4 Å². The maximum absolute atomic E-state index is 3.47. The molecule has 0 aliphatic carbocycles. The number of rotatable bonds is 7. The monoisotopic (exact) mass is 247 g/mol. The average Bonchev–Trinajstić information content (AvgIpc) is 2.40. The Bertz CT molecular complexity index is 328. The Morgan fingerprint density at radius 3 is 2.00 bits per heavy atom. The van der Waals surface area contributed by atoms with Crippen LogP contribution in [0.25, 0.3) is 0 Å². The van der Waals surface area contributed by atoms with E-state index in [1.54, 1.807) is 0 Å². The highest BCUT2D eigenvalue weighted by molar-refractivity contribution is 5.27. The van der Waals surface area contributed by atoms with Gasteiger partial charge >= 0.3 is 0 Å². The molecule has 0 radical (unpaired) electrons. The molecule has 0 saturated carbocycles. The van der Waals surface area contributed by atoms with Crippen molar-refractivity contribution in [3.8, 4) is 0 Å². The van der Waals surface area contributed by atoms with Crippen LogP contribution in [0.15, 0.2) is 24.3 Å². The molecule has 0 saturated heterocycles. The summed E-state index contributed by atoms with van der Waals surface area (Å²) in [7, 11) is 2.07. The van der Waals surface area contributed by atoms with Gasteiger partial charge in [0.2, 0.25) is 0 Å². The van der Waals surface area contributed by atoms with Crippen molar-refractivity contribution in [2.24, 2.45) is 5.92 Å². The van der Waals surface area contributed by atoms with Gasteiger partial charge in [-0.2, -0.15) is 0 Å². The maximum atomic E-state index is 3.47. The number of benzene rings is 1. The molecule has 102 valence electrons. The molecule has 0 fully saturated rings. The highest BCUT2D eigenvalue weighted by Crippen LogP contribution is 2.27. The molecule has 0 aliphatic heterocycles. The predicted octanol–water partition coefficient (Wildman–Crippen LogP) is 4.90. The van der Waals surface area contributed by atoms with Crippen molar-refractivity contribution in [1.29, 1.82) is 0 Å². The first-order chi connectivity index (χ1) is 8.63. The van der Waals surface area contributed by atoms with Gasteiger partial charge in [0.1, 0.15) is 0 Å². The normalized spacial score (nSPS) is 16.3. The van der Waals surface area contributed by atoms with Crippen LogP contribution in [-0.4, -0.2) is 7.05 Å². The van der Waals surface area contributed by atoms with E-state index >= 15 is 0 Å². The van der Waals surface area contributed by atoms with Crippen molar-refractivity contribution in [3.63, 3.8) is 0 Å². The summed E-state index contributed by atoms with van der Waals surface area (Å²) < 4.78 is 0. The molecule has 1 rings (SSSR count). The van der Waals surface area contributed by atoms with Crippen molar-refractivity contribution >= 4 is 0 Å². The predicted molar refractivity (Wildman–Crippen MR) is 81.0 cm³/mol. The molecule has 3 atom stereocenters. The Hall–Kier alpha value is -0.820. The topological polar surface area (TPSA) is 12.0 Å². The van der Waals surface area contributed by atoms with Gasteiger partial charge in [-0.25, -0.2) is 0 Å². The van der Waals surface area contributed by atoms with Gasteiger partial charge in [-0.05, 0) is 42.9 Å². The molecular formula is C17H29N. The minimum Gasteiger partial charge on any atom is -0.313 e. The summed E-state index contributed by atoms with van der Waals surface area (Å²) in [5.74, 6) is 1.36. The van der Waals surface area contributed by atoms with Gasteiger partial charge in [-0.15, -0.1) is 0 Å². The fraction of sp³-hybridized carbons (Fsp3) is 0.647. The number of hydrogen-bond acceptors (Lipinski definition) is 1. The van der Waals surface area contributed by atoms with E-state index in [1.807, 2.05) is 0 Å². The van der Waals surface area contributed by atoms with Crippen LogP contribution in [0.2, 0.25) is 0 Å². The molecule has 1 aromatic rings. The van der Waals surface area contributed by atoms with Gasteiger partial charge in [-0.3, -0.25) is 0 Å². The fourth-order valence-electron chi connectivity index (χ4n) is 2.67. The van der Waals surface area contributed by atoms with Crippen LogP contribution in [0, 0.1) is 5.92 Å². The molecule has 0 spiro atoms. The van der Waals surface area contributed by atoms with Crippen molar-refractivity contribution in [2.45, 2.75) is 58.9 Å². The molecule has 0 bridgehead atoms. The molecular weight excluding hydrogens is 218 g/mol. The first-order valence-electron chi connectivity index (χ1n) is 7.41. The highest BCUT2D eigenvalue weighted by atomic mass is 14.9. The van der Waals surface area contributed by atoms with Crippen LogP contribution in [-0.2, 0) is 0 Å². The summed E-state index contributed by atoms with van der Waals surface area (Å²) in [6.07, 6.45) is 3.74. The summed E-state index contributed by atoms with van der Waals surface area (Å²) in [6.45, 7) is 9.14. The van der Waals surface area contributed by atoms with Crippen LogP contribution in [0.3, 0.4) is 0 Å². The van der Waals surface area contributed by atoms with Crippen LogP contribution in [0.4, 0.5) is 0 Å². The van der Waals surface area contributed by atoms with Gasteiger partial charge in [0.15, 0.2) is 0 Å². The van der Waals surface area contributed by atoms with E-state index in [2.05, 4.69) is 64.3 Å². The van der Waals surface area contributed by atoms with E-state index in [4.69, 9.17) is 0 Å². The summed E-state index contributed by atoms with van der Waals surface area (Å²) >= 11 is 0. The molecule has 0 heterocycles.